The Balaban J connectivity index is 2.66. The molecule has 1 rings (SSSR count). The highest BCUT2D eigenvalue weighted by Crippen LogP contribution is 2.43. The zero-order chi connectivity index (χ0) is 12.2. The van der Waals surface area contributed by atoms with Crippen LogP contribution < -0.4 is 0 Å². The number of hydrogen-bond donors (Lipinski definition) is 1. The van der Waals surface area contributed by atoms with Gasteiger partial charge in [-0.3, -0.25) is 4.79 Å². The molecule has 16 heavy (non-hydrogen) atoms. The van der Waals surface area contributed by atoms with Gasteiger partial charge in [0.15, 0.2) is 0 Å². The Bertz CT molecular complexity index is 227. The predicted molar refractivity (Wildman–Crippen MR) is 66.4 cm³/mol. The van der Waals surface area contributed by atoms with Crippen molar-refractivity contribution >= 4 is 5.97 Å². The lowest BCUT2D eigenvalue weighted by molar-refractivity contribution is -0.140. The van der Waals surface area contributed by atoms with Gasteiger partial charge >= 0.3 is 5.97 Å². The topological polar surface area (TPSA) is 37.3 Å². The molecule has 1 aliphatic rings. The van der Waals surface area contributed by atoms with Crippen molar-refractivity contribution in [2.24, 2.45) is 17.3 Å². The van der Waals surface area contributed by atoms with Crippen LogP contribution in [0.5, 0.6) is 0 Å². The van der Waals surface area contributed by atoms with Gasteiger partial charge in [-0.25, -0.2) is 0 Å². The molecule has 0 aliphatic heterocycles. The van der Waals surface area contributed by atoms with Crippen LogP contribution >= 0.6 is 0 Å². The van der Waals surface area contributed by atoms with E-state index in [1.54, 1.807) is 0 Å². The number of carbonyl (C=O) groups is 1. The third-order valence-corrected chi connectivity index (χ3v) is 4.27. The summed E-state index contributed by atoms with van der Waals surface area (Å²) < 4.78 is 0. The molecule has 94 valence electrons. The summed E-state index contributed by atoms with van der Waals surface area (Å²) in [5, 5.41) is 8.99. The van der Waals surface area contributed by atoms with Crippen molar-refractivity contribution in [2.45, 2.75) is 65.7 Å². The van der Waals surface area contributed by atoms with Crippen LogP contribution in [0.25, 0.3) is 0 Å². The Hall–Kier alpha value is -0.530. The largest absolute Gasteiger partial charge is 0.481 e. The van der Waals surface area contributed by atoms with Gasteiger partial charge in [-0.2, -0.15) is 0 Å². The summed E-state index contributed by atoms with van der Waals surface area (Å²) in [5.41, 5.74) is -0.0530. The maximum absolute atomic E-state index is 10.9. The average molecular weight is 226 g/mol. The second-order valence-electron chi connectivity index (χ2n) is 5.97. The Morgan fingerprint density at radius 1 is 1.31 bits per heavy atom. The second kappa shape index (κ2) is 5.70. The number of carboxylic acids is 1. The van der Waals surface area contributed by atoms with Gasteiger partial charge in [0.1, 0.15) is 0 Å². The van der Waals surface area contributed by atoms with Crippen molar-refractivity contribution in [3.8, 4) is 0 Å². The van der Waals surface area contributed by atoms with E-state index in [0.717, 1.165) is 12.3 Å². The van der Waals surface area contributed by atoms with E-state index in [4.69, 9.17) is 5.11 Å². The van der Waals surface area contributed by atoms with Crippen LogP contribution in [0.1, 0.15) is 65.7 Å². The first kappa shape index (κ1) is 13.5. The summed E-state index contributed by atoms with van der Waals surface area (Å²) in [6.45, 7) is 6.47. The van der Waals surface area contributed by atoms with Crippen molar-refractivity contribution in [1.82, 2.24) is 0 Å². The van der Waals surface area contributed by atoms with Gasteiger partial charge in [-0.15, -0.1) is 0 Å². The molecule has 2 nitrogen and oxygen atoms in total. The average Bonchev–Trinajstić information content (AvgIpc) is 2.17. The minimum atomic E-state index is -0.653. The molecule has 1 N–H and O–H groups in total. The third kappa shape index (κ3) is 3.50. The van der Waals surface area contributed by atoms with Crippen molar-refractivity contribution in [2.75, 3.05) is 0 Å². The lowest BCUT2D eigenvalue weighted by atomic mass is 9.65. The molecule has 0 unspecified atom stereocenters. The molecule has 1 fully saturated rings. The summed E-state index contributed by atoms with van der Waals surface area (Å²) in [4.78, 5) is 10.9. The zero-order valence-electron chi connectivity index (χ0n) is 11.0. The second-order valence-corrected chi connectivity index (χ2v) is 5.97. The molecular formula is C14H26O2. The molecule has 1 aliphatic carbocycles. The molecule has 1 atom stereocenters. The van der Waals surface area contributed by atoms with E-state index >= 15 is 0 Å². The van der Waals surface area contributed by atoms with Crippen molar-refractivity contribution in [3.05, 3.63) is 0 Å². The van der Waals surface area contributed by atoms with Crippen LogP contribution in [-0.2, 0) is 4.79 Å². The molecule has 0 saturated heterocycles. The maximum Gasteiger partial charge on any atom is 0.303 e. The Kier molecular flexibility index (Phi) is 4.82. The standard InChI is InChI=1S/C14H26O2/c1-4-12(11-8-6-5-7-9-11)14(2,3)10-13(15)16/h11-12H,4-10H2,1-3H3,(H,15,16)/t12-/m0/s1. The first-order valence-corrected chi connectivity index (χ1v) is 6.69. The van der Waals surface area contributed by atoms with Gasteiger partial charge in [0.2, 0.25) is 0 Å². The first-order valence-electron chi connectivity index (χ1n) is 6.69. The monoisotopic (exact) mass is 226 g/mol. The first-order chi connectivity index (χ1) is 7.47. The number of aliphatic carboxylic acids is 1. The molecular weight excluding hydrogens is 200 g/mol. The highest BCUT2D eigenvalue weighted by Gasteiger charge is 2.36. The number of hydrogen-bond acceptors (Lipinski definition) is 1. The summed E-state index contributed by atoms with van der Waals surface area (Å²) >= 11 is 0. The fraction of sp³-hybridized carbons (Fsp3) is 0.929. The van der Waals surface area contributed by atoms with Crippen molar-refractivity contribution in [1.29, 1.82) is 0 Å². The summed E-state index contributed by atoms with van der Waals surface area (Å²) in [5.74, 6) is 0.677. The Morgan fingerprint density at radius 2 is 1.88 bits per heavy atom. The predicted octanol–water partition coefficient (Wildman–Crippen LogP) is 4.09. The van der Waals surface area contributed by atoms with E-state index < -0.39 is 5.97 Å². The smallest absolute Gasteiger partial charge is 0.303 e. The molecule has 0 radical (unpaired) electrons. The van der Waals surface area contributed by atoms with E-state index in [1.807, 2.05) is 0 Å². The van der Waals surface area contributed by atoms with Crippen LogP contribution in [0.2, 0.25) is 0 Å². The molecule has 0 amide bonds. The summed E-state index contributed by atoms with van der Waals surface area (Å²) in [6, 6.07) is 0. The van der Waals surface area contributed by atoms with Gasteiger partial charge in [-0.05, 0) is 17.3 Å². The van der Waals surface area contributed by atoms with Crippen LogP contribution in [0.4, 0.5) is 0 Å². The summed E-state index contributed by atoms with van der Waals surface area (Å²) in [6.07, 6.45) is 8.08. The lowest BCUT2D eigenvalue weighted by Crippen LogP contribution is -2.33. The SMILES string of the molecule is CC[C@@H](C1CCCCC1)C(C)(C)CC(=O)O. The van der Waals surface area contributed by atoms with Crippen LogP contribution in [-0.4, -0.2) is 11.1 Å². The lowest BCUT2D eigenvalue weighted by Gasteiger charge is -2.40. The number of rotatable bonds is 5. The highest BCUT2D eigenvalue weighted by atomic mass is 16.4. The van der Waals surface area contributed by atoms with Gasteiger partial charge in [0.05, 0.1) is 6.42 Å². The van der Waals surface area contributed by atoms with Crippen LogP contribution in [0.15, 0.2) is 0 Å². The van der Waals surface area contributed by atoms with E-state index in [0.29, 0.717) is 12.3 Å². The van der Waals surface area contributed by atoms with Crippen LogP contribution in [0.3, 0.4) is 0 Å². The van der Waals surface area contributed by atoms with Crippen molar-refractivity contribution < 1.29 is 9.90 Å². The van der Waals surface area contributed by atoms with E-state index in [-0.39, 0.29) is 5.41 Å². The normalized spacial score (nSPS) is 20.7. The van der Waals surface area contributed by atoms with Crippen LogP contribution in [0, 0.1) is 17.3 Å². The minimum Gasteiger partial charge on any atom is -0.481 e. The van der Waals surface area contributed by atoms with E-state index in [9.17, 15) is 4.79 Å². The molecule has 1 saturated carbocycles. The quantitative estimate of drug-likeness (QED) is 0.766. The van der Waals surface area contributed by atoms with Gasteiger partial charge in [0.25, 0.3) is 0 Å². The highest BCUT2D eigenvalue weighted by molar-refractivity contribution is 5.67. The van der Waals surface area contributed by atoms with E-state index in [2.05, 4.69) is 20.8 Å². The summed E-state index contributed by atoms with van der Waals surface area (Å²) in [7, 11) is 0. The molecule has 0 bridgehead atoms. The molecule has 0 heterocycles. The number of carboxylic acid groups (broad SMARTS) is 1. The van der Waals surface area contributed by atoms with Gasteiger partial charge in [0, 0.05) is 0 Å². The zero-order valence-corrected chi connectivity index (χ0v) is 11.0. The minimum absolute atomic E-state index is 0.0530. The molecule has 2 heteroatoms. The fourth-order valence-electron chi connectivity index (χ4n) is 3.58. The fourth-order valence-corrected chi connectivity index (χ4v) is 3.58. The molecule has 0 aromatic rings. The Morgan fingerprint density at radius 3 is 2.31 bits per heavy atom. The van der Waals surface area contributed by atoms with E-state index in [1.165, 1.54) is 32.1 Å². The molecule has 0 aromatic carbocycles. The van der Waals surface area contributed by atoms with Gasteiger partial charge < -0.3 is 5.11 Å². The molecule has 0 spiro atoms. The molecule has 0 aromatic heterocycles. The van der Waals surface area contributed by atoms with Crippen molar-refractivity contribution in [3.63, 3.8) is 0 Å². The Labute approximate surface area is 99.4 Å². The van der Waals surface area contributed by atoms with Gasteiger partial charge in [-0.1, -0.05) is 59.3 Å². The third-order valence-electron chi connectivity index (χ3n) is 4.27. The maximum atomic E-state index is 10.9.